The van der Waals surface area contributed by atoms with E-state index in [-0.39, 0.29) is 4.90 Å². The van der Waals surface area contributed by atoms with Crippen LogP contribution in [0.5, 0.6) is 0 Å². The zero-order valence-electron chi connectivity index (χ0n) is 12.2. The molecule has 0 saturated carbocycles. The first-order valence-electron chi connectivity index (χ1n) is 7.07. The fourth-order valence-corrected chi connectivity index (χ4v) is 3.17. The lowest BCUT2D eigenvalue weighted by Gasteiger charge is -2.16. The molecule has 0 N–H and O–H groups in total. The molecule has 0 bridgehead atoms. The van der Waals surface area contributed by atoms with E-state index in [0.29, 0.717) is 12.1 Å². The van der Waals surface area contributed by atoms with Crippen LogP contribution in [0, 0.1) is 6.92 Å². The molecule has 0 fully saturated rings. The van der Waals surface area contributed by atoms with E-state index in [9.17, 15) is 8.42 Å². The number of fused-ring (bicyclic) bond motifs is 1. The highest BCUT2D eigenvalue weighted by atomic mass is 32.2. The SMILES string of the molecule is Cc1ccc(S(=O)(=O)ON=C2CCCc3cnccc32)cc1. The minimum atomic E-state index is -3.88. The standard InChI is InChI=1S/C16H16N2O3S/c1-12-5-7-14(8-6-12)22(19,20)21-18-16-4-2-3-13-11-17-10-9-15(13)16/h5-11H,2-4H2,1H3. The maximum atomic E-state index is 12.2. The Morgan fingerprint density at radius 3 is 2.68 bits per heavy atom. The van der Waals surface area contributed by atoms with Crippen molar-refractivity contribution in [2.45, 2.75) is 31.1 Å². The molecule has 6 heteroatoms. The lowest BCUT2D eigenvalue weighted by Crippen LogP contribution is -2.14. The number of pyridine rings is 1. The van der Waals surface area contributed by atoms with E-state index in [1.54, 1.807) is 24.5 Å². The van der Waals surface area contributed by atoms with Gasteiger partial charge in [0.1, 0.15) is 4.90 Å². The van der Waals surface area contributed by atoms with Crippen LogP contribution in [0.3, 0.4) is 0 Å². The van der Waals surface area contributed by atoms with Crippen molar-refractivity contribution >= 4 is 15.8 Å². The Morgan fingerprint density at radius 2 is 1.91 bits per heavy atom. The minimum absolute atomic E-state index is 0.105. The third-order valence-corrected chi connectivity index (χ3v) is 4.75. The molecule has 1 aliphatic rings. The first-order chi connectivity index (χ1) is 10.6. The molecule has 0 radical (unpaired) electrons. The van der Waals surface area contributed by atoms with E-state index in [0.717, 1.165) is 29.5 Å². The summed E-state index contributed by atoms with van der Waals surface area (Å²) in [5.41, 5.74) is 3.63. The number of hydrogen-bond acceptors (Lipinski definition) is 5. The van der Waals surface area contributed by atoms with Gasteiger partial charge in [0.2, 0.25) is 0 Å². The van der Waals surface area contributed by atoms with Gasteiger partial charge in [0.05, 0.1) is 5.71 Å². The monoisotopic (exact) mass is 316 g/mol. The number of hydrogen-bond donors (Lipinski definition) is 0. The Morgan fingerprint density at radius 1 is 1.14 bits per heavy atom. The highest BCUT2D eigenvalue weighted by Gasteiger charge is 2.19. The summed E-state index contributed by atoms with van der Waals surface area (Å²) in [5, 5.41) is 3.90. The van der Waals surface area contributed by atoms with Crippen molar-refractivity contribution in [1.29, 1.82) is 0 Å². The van der Waals surface area contributed by atoms with Gasteiger partial charge in [-0.15, -0.1) is 0 Å². The van der Waals surface area contributed by atoms with Crippen molar-refractivity contribution in [3.05, 3.63) is 59.4 Å². The van der Waals surface area contributed by atoms with E-state index in [1.807, 2.05) is 13.0 Å². The summed E-state index contributed by atoms with van der Waals surface area (Å²) in [6.07, 6.45) is 5.99. The molecule has 0 amide bonds. The predicted molar refractivity (Wildman–Crippen MR) is 83.2 cm³/mol. The van der Waals surface area contributed by atoms with Gasteiger partial charge < -0.3 is 0 Å². The molecule has 1 aromatic heterocycles. The molecule has 1 aromatic carbocycles. The number of aryl methyl sites for hydroxylation is 2. The van der Waals surface area contributed by atoms with Gasteiger partial charge in [-0.25, -0.2) is 0 Å². The second kappa shape index (κ2) is 5.88. The van der Waals surface area contributed by atoms with E-state index in [4.69, 9.17) is 4.28 Å². The van der Waals surface area contributed by atoms with Gasteiger partial charge >= 0.3 is 10.1 Å². The Kier molecular flexibility index (Phi) is 3.94. The summed E-state index contributed by atoms with van der Waals surface area (Å²) in [5.74, 6) is 0. The van der Waals surface area contributed by atoms with Crippen LogP contribution in [0.15, 0.2) is 52.8 Å². The van der Waals surface area contributed by atoms with Gasteiger partial charge in [-0.3, -0.25) is 9.27 Å². The van der Waals surface area contributed by atoms with Crippen LogP contribution in [0.1, 0.15) is 29.5 Å². The molecule has 0 unspecified atom stereocenters. The van der Waals surface area contributed by atoms with Crippen LogP contribution in [0.4, 0.5) is 0 Å². The Bertz CT molecular complexity index is 812. The third kappa shape index (κ3) is 3.01. The molecule has 1 aliphatic carbocycles. The van der Waals surface area contributed by atoms with Crippen LogP contribution in [-0.4, -0.2) is 19.1 Å². The molecular weight excluding hydrogens is 300 g/mol. The third-order valence-electron chi connectivity index (χ3n) is 3.63. The smallest absolute Gasteiger partial charge is 0.264 e. The Hall–Kier alpha value is -2.21. The summed E-state index contributed by atoms with van der Waals surface area (Å²) >= 11 is 0. The van der Waals surface area contributed by atoms with E-state index in [2.05, 4.69) is 10.1 Å². The second-order valence-corrected chi connectivity index (χ2v) is 6.79. The average Bonchev–Trinajstić information content (AvgIpc) is 2.53. The number of nitrogens with zero attached hydrogens (tertiary/aromatic N) is 2. The average molecular weight is 316 g/mol. The van der Waals surface area contributed by atoms with Crippen molar-refractivity contribution in [1.82, 2.24) is 4.98 Å². The summed E-state index contributed by atoms with van der Waals surface area (Å²) in [6.45, 7) is 1.89. The van der Waals surface area contributed by atoms with Crippen LogP contribution in [0.2, 0.25) is 0 Å². The molecule has 0 atom stereocenters. The molecule has 0 spiro atoms. The first kappa shape index (κ1) is 14.7. The normalized spacial score (nSPS) is 16.3. The van der Waals surface area contributed by atoms with Gasteiger partial charge in [-0.05, 0) is 49.9 Å². The molecule has 1 heterocycles. The summed E-state index contributed by atoms with van der Waals surface area (Å²) in [4.78, 5) is 4.19. The molecule has 3 rings (SSSR count). The predicted octanol–water partition coefficient (Wildman–Crippen LogP) is 2.84. The zero-order chi connectivity index (χ0) is 15.6. The number of rotatable bonds is 3. The van der Waals surface area contributed by atoms with Gasteiger partial charge in [0, 0.05) is 18.0 Å². The largest absolute Gasteiger partial charge is 0.358 e. The fourth-order valence-electron chi connectivity index (χ4n) is 2.43. The van der Waals surface area contributed by atoms with Crippen molar-refractivity contribution in [2.24, 2.45) is 5.16 Å². The summed E-state index contributed by atoms with van der Waals surface area (Å²) in [7, 11) is -3.88. The van der Waals surface area contributed by atoms with E-state index < -0.39 is 10.1 Å². The van der Waals surface area contributed by atoms with Crippen LogP contribution in [-0.2, 0) is 20.8 Å². The van der Waals surface area contributed by atoms with Crippen molar-refractivity contribution in [3.63, 3.8) is 0 Å². The molecular formula is C16H16N2O3S. The zero-order valence-corrected chi connectivity index (χ0v) is 13.0. The maximum Gasteiger partial charge on any atom is 0.358 e. The van der Waals surface area contributed by atoms with Crippen LogP contribution >= 0.6 is 0 Å². The molecule has 114 valence electrons. The summed E-state index contributed by atoms with van der Waals surface area (Å²) < 4.78 is 29.2. The van der Waals surface area contributed by atoms with Crippen molar-refractivity contribution in [2.75, 3.05) is 0 Å². The topological polar surface area (TPSA) is 68.6 Å². The van der Waals surface area contributed by atoms with E-state index in [1.165, 1.54) is 12.1 Å². The van der Waals surface area contributed by atoms with Gasteiger partial charge in [0.15, 0.2) is 0 Å². The molecule has 22 heavy (non-hydrogen) atoms. The van der Waals surface area contributed by atoms with Gasteiger partial charge in [0.25, 0.3) is 0 Å². The van der Waals surface area contributed by atoms with Gasteiger partial charge in [-0.1, -0.05) is 22.9 Å². The molecule has 2 aromatic rings. The lowest BCUT2D eigenvalue weighted by atomic mass is 9.92. The minimum Gasteiger partial charge on any atom is -0.264 e. The highest BCUT2D eigenvalue weighted by molar-refractivity contribution is 7.86. The summed E-state index contributed by atoms with van der Waals surface area (Å²) in [6, 6.07) is 8.33. The first-order valence-corrected chi connectivity index (χ1v) is 8.47. The quantitative estimate of drug-likeness (QED) is 0.817. The van der Waals surface area contributed by atoms with Crippen molar-refractivity contribution in [3.8, 4) is 0 Å². The number of benzene rings is 1. The Labute approximate surface area is 129 Å². The number of aromatic nitrogens is 1. The van der Waals surface area contributed by atoms with Crippen LogP contribution in [0.25, 0.3) is 0 Å². The Balaban J connectivity index is 1.87. The van der Waals surface area contributed by atoms with E-state index >= 15 is 0 Å². The van der Waals surface area contributed by atoms with Crippen LogP contribution < -0.4 is 0 Å². The van der Waals surface area contributed by atoms with Crippen molar-refractivity contribution < 1.29 is 12.7 Å². The molecule has 0 saturated heterocycles. The fraction of sp³-hybridized carbons (Fsp3) is 0.250. The van der Waals surface area contributed by atoms with Gasteiger partial charge in [-0.2, -0.15) is 8.42 Å². The molecule has 0 aliphatic heterocycles. The molecule has 5 nitrogen and oxygen atoms in total. The maximum absolute atomic E-state index is 12.2. The second-order valence-electron chi connectivity index (χ2n) is 5.27. The lowest BCUT2D eigenvalue weighted by molar-refractivity contribution is 0.337. The highest BCUT2D eigenvalue weighted by Crippen LogP contribution is 2.22. The number of oxime groups is 1.